The Hall–Kier alpha value is -2.41. The summed E-state index contributed by atoms with van der Waals surface area (Å²) in [5, 5.41) is 15.2. The van der Waals surface area contributed by atoms with Gasteiger partial charge in [0.15, 0.2) is 0 Å². The number of carbonyl (C=O) groups is 1. The number of amides is 2. The first-order valence-corrected chi connectivity index (χ1v) is 8.14. The van der Waals surface area contributed by atoms with Crippen LogP contribution in [0.1, 0.15) is 31.2 Å². The van der Waals surface area contributed by atoms with Gasteiger partial charge in [0.25, 0.3) is 0 Å². The molecule has 2 aromatic heterocycles. The smallest absolute Gasteiger partial charge is 0.315 e. The number of aryl methyl sites for hydroxylation is 1. The van der Waals surface area contributed by atoms with Crippen LogP contribution in [0.3, 0.4) is 0 Å². The Bertz CT molecular complexity index is 708. The molecule has 0 saturated heterocycles. The highest BCUT2D eigenvalue weighted by molar-refractivity contribution is 5.74. The second-order valence-corrected chi connectivity index (χ2v) is 6.53. The molecule has 0 aliphatic heterocycles. The predicted octanol–water partition coefficient (Wildman–Crippen LogP) is 1.54. The van der Waals surface area contributed by atoms with Crippen molar-refractivity contribution in [3.05, 3.63) is 42.1 Å². The third-order valence-corrected chi connectivity index (χ3v) is 4.54. The van der Waals surface area contributed by atoms with Gasteiger partial charge >= 0.3 is 6.03 Å². The molecule has 1 aliphatic rings. The van der Waals surface area contributed by atoms with Crippen LogP contribution in [0.5, 0.6) is 0 Å². The minimum absolute atomic E-state index is 0.0500. The van der Waals surface area contributed by atoms with Crippen LogP contribution < -0.4 is 10.6 Å². The maximum atomic E-state index is 12.1. The lowest BCUT2D eigenvalue weighted by molar-refractivity contribution is 0.155. The number of aliphatic hydroxyl groups is 1. The normalized spacial score (nSPS) is 16.5. The monoisotopic (exact) mass is 329 g/mol. The van der Waals surface area contributed by atoms with E-state index in [2.05, 4.69) is 20.6 Å². The summed E-state index contributed by atoms with van der Waals surface area (Å²) in [4.78, 5) is 20.6. The number of rotatable bonds is 6. The fourth-order valence-electron chi connectivity index (χ4n) is 2.76. The maximum Gasteiger partial charge on any atom is 0.315 e. The summed E-state index contributed by atoms with van der Waals surface area (Å²) >= 11 is 0. The van der Waals surface area contributed by atoms with Crippen LogP contribution in [0.2, 0.25) is 0 Å². The first-order chi connectivity index (χ1) is 11.5. The van der Waals surface area contributed by atoms with E-state index >= 15 is 0 Å². The quantitative estimate of drug-likeness (QED) is 0.749. The van der Waals surface area contributed by atoms with E-state index in [1.54, 1.807) is 12.4 Å². The number of aromatic nitrogens is 3. The summed E-state index contributed by atoms with van der Waals surface area (Å²) in [6.07, 6.45) is 7.43. The van der Waals surface area contributed by atoms with E-state index in [0.717, 1.165) is 30.0 Å². The number of imidazole rings is 1. The molecule has 1 fully saturated rings. The van der Waals surface area contributed by atoms with E-state index in [-0.39, 0.29) is 12.6 Å². The minimum Gasteiger partial charge on any atom is -0.394 e. The van der Waals surface area contributed by atoms with E-state index < -0.39 is 5.54 Å². The summed E-state index contributed by atoms with van der Waals surface area (Å²) in [5.41, 5.74) is 0.370. The van der Waals surface area contributed by atoms with Crippen molar-refractivity contribution in [1.29, 1.82) is 0 Å². The molecule has 2 amide bonds. The number of hydrogen-bond donors (Lipinski definition) is 3. The van der Waals surface area contributed by atoms with E-state index in [1.165, 1.54) is 0 Å². The van der Waals surface area contributed by atoms with Crippen LogP contribution in [-0.2, 0) is 6.54 Å². The van der Waals surface area contributed by atoms with Crippen LogP contribution in [0, 0.1) is 12.8 Å². The van der Waals surface area contributed by atoms with Gasteiger partial charge in [-0.05, 0) is 44.2 Å². The Morgan fingerprint density at radius 2 is 2.21 bits per heavy atom. The molecule has 3 rings (SSSR count). The van der Waals surface area contributed by atoms with Crippen molar-refractivity contribution in [1.82, 2.24) is 25.2 Å². The highest BCUT2D eigenvalue weighted by Gasteiger charge is 2.42. The molecule has 0 spiro atoms. The molecule has 1 atom stereocenters. The standard InChI is InChI=1S/C17H23N5O2/c1-12-18-7-8-22(12)15-6-3-13(9-19-15)10-20-16(24)21-17(2,11-23)14-4-5-14/h3,6-9,14,23H,4-5,10-11H2,1-2H3,(H2,20,21,24). The molecular weight excluding hydrogens is 306 g/mol. The number of carbonyl (C=O) groups excluding carboxylic acids is 1. The maximum absolute atomic E-state index is 12.1. The molecule has 1 unspecified atom stereocenters. The fraction of sp³-hybridized carbons (Fsp3) is 0.471. The highest BCUT2D eigenvalue weighted by atomic mass is 16.3. The van der Waals surface area contributed by atoms with Crippen LogP contribution >= 0.6 is 0 Å². The van der Waals surface area contributed by atoms with E-state index in [0.29, 0.717) is 12.5 Å². The van der Waals surface area contributed by atoms with Gasteiger partial charge in [0, 0.05) is 25.1 Å². The van der Waals surface area contributed by atoms with Crippen LogP contribution in [0.15, 0.2) is 30.7 Å². The molecule has 1 saturated carbocycles. The van der Waals surface area contributed by atoms with Crippen molar-refractivity contribution < 1.29 is 9.90 Å². The Kier molecular flexibility index (Phi) is 4.53. The van der Waals surface area contributed by atoms with Crippen molar-refractivity contribution in [3.63, 3.8) is 0 Å². The van der Waals surface area contributed by atoms with Gasteiger partial charge in [-0.2, -0.15) is 0 Å². The third kappa shape index (κ3) is 3.56. The fourth-order valence-corrected chi connectivity index (χ4v) is 2.76. The van der Waals surface area contributed by atoms with Gasteiger partial charge in [-0.3, -0.25) is 4.57 Å². The van der Waals surface area contributed by atoms with Gasteiger partial charge in [0.2, 0.25) is 0 Å². The van der Waals surface area contributed by atoms with E-state index in [4.69, 9.17) is 0 Å². The zero-order valence-corrected chi connectivity index (χ0v) is 14.0. The average molecular weight is 329 g/mol. The molecule has 3 N–H and O–H groups in total. The Morgan fingerprint density at radius 3 is 2.75 bits per heavy atom. The lowest BCUT2D eigenvalue weighted by Crippen LogP contribution is -2.53. The average Bonchev–Trinajstić information content (AvgIpc) is 3.36. The SMILES string of the molecule is Cc1nccn1-c1ccc(CNC(=O)NC(C)(CO)C2CC2)cn1. The summed E-state index contributed by atoms with van der Waals surface area (Å²) in [7, 11) is 0. The Balaban J connectivity index is 1.55. The van der Waals surface area contributed by atoms with Gasteiger partial charge in [-0.15, -0.1) is 0 Å². The van der Waals surface area contributed by atoms with E-state index in [1.807, 2.05) is 36.7 Å². The molecule has 0 radical (unpaired) electrons. The van der Waals surface area contributed by atoms with Gasteiger partial charge < -0.3 is 15.7 Å². The zero-order valence-electron chi connectivity index (χ0n) is 14.0. The van der Waals surface area contributed by atoms with Crippen molar-refractivity contribution in [2.45, 2.75) is 38.8 Å². The van der Waals surface area contributed by atoms with Gasteiger partial charge in [0.05, 0.1) is 12.1 Å². The number of hydrogen-bond acceptors (Lipinski definition) is 4. The highest BCUT2D eigenvalue weighted by Crippen LogP contribution is 2.39. The van der Waals surface area contributed by atoms with Crippen molar-refractivity contribution in [2.75, 3.05) is 6.61 Å². The second kappa shape index (κ2) is 6.60. The zero-order chi connectivity index (χ0) is 17.2. The summed E-state index contributed by atoms with van der Waals surface area (Å²) < 4.78 is 1.90. The van der Waals surface area contributed by atoms with E-state index in [9.17, 15) is 9.90 Å². The predicted molar refractivity (Wildman–Crippen MR) is 89.7 cm³/mol. The van der Waals surface area contributed by atoms with Crippen molar-refractivity contribution in [2.24, 2.45) is 5.92 Å². The molecule has 7 heteroatoms. The first kappa shape index (κ1) is 16.4. The molecule has 128 valence electrons. The van der Waals surface area contributed by atoms with Crippen LogP contribution in [0.25, 0.3) is 5.82 Å². The topological polar surface area (TPSA) is 92.1 Å². The van der Waals surface area contributed by atoms with Gasteiger partial charge in [0.1, 0.15) is 11.6 Å². The van der Waals surface area contributed by atoms with Crippen molar-refractivity contribution in [3.8, 4) is 5.82 Å². The number of aliphatic hydroxyl groups excluding tert-OH is 1. The number of urea groups is 1. The van der Waals surface area contributed by atoms with Gasteiger partial charge in [-0.25, -0.2) is 14.8 Å². The van der Waals surface area contributed by atoms with Crippen molar-refractivity contribution >= 4 is 6.03 Å². The third-order valence-electron chi connectivity index (χ3n) is 4.54. The molecule has 2 aromatic rings. The molecule has 2 heterocycles. The molecule has 0 bridgehead atoms. The molecule has 24 heavy (non-hydrogen) atoms. The Labute approximate surface area is 141 Å². The molecule has 7 nitrogen and oxygen atoms in total. The van der Waals surface area contributed by atoms with Crippen LogP contribution in [0.4, 0.5) is 4.79 Å². The summed E-state index contributed by atoms with van der Waals surface area (Å²) in [5.74, 6) is 2.03. The van der Waals surface area contributed by atoms with Gasteiger partial charge in [-0.1, -0.05) is 6.07 Å². The number of pyridine rings is 1. The molecule has 0 aromatic carbocycles. The number of nitrogens with one attached hydrogen (secondary N) is 2. The summed E-state index contributed by atoms with van der Waals surface area (Å²) in [6, 6.07) is 3.55. The molecular formula is C17H23N5O2. The largest absolute Gasteiger partial charge is 0.394 e. The molecule has 1 aliphatic carbocycles. The number of nitrogens with zero attached hydrogens (tertiary/aromatic N) is 3. The second-order valence-electron chi connectivity index (χ2n) is 6.53. The van der Waals surface area contributed by atoms with Crippen LogP contribution in [-0.4, -0.2) is 37.8 Å². The lowest BCUT2D eigenvalue weighted by Gasteiger charge is -2.28. The minimum atomic E-state index is -0.537. The first-order valence-electron chi connectivity index (χ1n) is 8.14. The Morgan fingerprint density at radius 1 is 1.42 bits per heavy atom. The summed E-state index contributed by atoms with van der Waals surface area (Å²) in [6.45, 7) is 4.13. The lowest BCUT2D eigenvalue weighted by atomic mass is 9.97.